The maximum absolute atomic E-state index is 14.1. The number of para-hydroxylation sites is 4. The van der Waals surface area contributed by atoms with Crippen molar-refractivity contribution in [3.8, 4) is 0 Å². The predicted molar refractivity (Wildman–Crippen MR) is 266 cm³/mol. The number of carbonyl (C=O) groups excluding carboxylic acids is 10. The lowest BCUT2D eigenvalue weighted by Gasteiger charge is -2.27. The van der Waals surface area contributed by atoms with E-state index in [4.69, 9.17) is 9.47 Å². The van der Waals surface area contributed by atoms with E-state index >= 15 is 0 Å². The molecule has 0 radical (unpaired) electrons. The van der Waals surface area contributed by atoms with Gasteiger partial charge in [-0.05, 0) is 49.9 Å². The fraction of sp³-hybridized carbons (Fsp3) is 0.447. The molecule has 4 aromatic rings. The van der Waals surface area contributed by atoms with Gasteiger partial charge in [-0.1, -0.05) is 52.0 Å². The number of cyclic esters (lactones) is 2. The summed E-state index contributed by atoms with van der Waals surface area (Å²) in [6, 6.07) is 1.91. The van der Waals surface area contributed by atoms with Gasteiger partial charge in [0.2, 0.25) is 35.4 Å². The van der Waals surface area contributed by atoms with Crippen molar-refractivity contribution in [2.75, 3.05) is 29.8 Å². The lowest BCUT2D eigenvalue weighted by molar-refractivity contribution is -0.152. The zero-order valence-corrected chi connectivity index (χ0v) is 42.2. The number of nitrogens with one attached hydrogen (secondary N) is 8. The number of rotatable bonds is 6. The summed E-state index contributed by atoms with van der Waals surface area (Å²) in [6.45, 7) is 7.44. The molecule has 2 aliphatic heterocycles. The Morgan fingerprint density at radius 3 is 1.27 bits per heavy atom. The number of fused-ring (bicyclic) bond motifs is 8. The molecule has 0 saturated carbocycles. The van der Waals surface area contributed by atoms with Gasteiger partial charge >= 0.3 is 11.9 Å². The van der Waals surface area contributed by atoms with Crippen LogP contribution in [0.5, 0.6) is 0 Å². The van der Waals surface area contributed by atoms with Crippen molar-refractivity contribution in [3.05, 3.63) is 72.3 Å². The highest BCUT2D eigenvalue weighted by atomic mass is 32.2. The third-order valence-electron chi connectivity index (χ3n) is 11.3. The highest BCUT2D eigenvalue weighted by Crippen LogP contribution is 2.18. The van der Waals surface area contributed by atoms with Crippen LogP contribution in [0.3, 0.4) is 0 Å². The molecule has 2 bridgehead atoms. The van der Waals surface area contributed by atoms with Crippen molar-refractivity contribution < 1.29 is 57.4 Å². The van der Waals surface area contributed by atoms with E-state index in [0.29, 0.717) is 22.1 Å². The molecule has 8 amide bonds. The molecule has 8 N–H and O–H groups in total. The number of esters is 2. The lowest BCUT2D eigenvalue weighted by atomic mass is 10.0. The first-order chi connectivity index (χ1) is 34.8. The minimum absolute atomic E-state index is 0.112. The van der Waals surface area contributed by atoms with E-state index in [-0.39, 0.29) is 28.0 Å². The summed E-state index contributed by atoms with van der Waals surface area (Å²) in [4.78, 5) is 156. The molecule has 0 aliphatic carbocycles. The normalized spacial score (nSPS) is 24.8. The fourth-order valence-corrected chi connectivity index (χ4v) is 9.27. The SMILES string of the molecule is CC(C)[C@@H]1NC(=O)[C@@H]2CSCSC[C@H](NC(=O)[C@H](C)NC(=O)[C@H](NC(=O)c3cnc4ccccc4n3)COC1=O)C(=O)N[C@@H](C(C)C)C(=O)OC[C@@H](NC(=O)c1cnc3ccccc3n1)C(=O)N[C@@H](C)C(=O)N2. The number of thioether (sulfide) groups is 2. The molecular formula is C47H56N12O12S2. The Bertz CT molecular complexity index is 2580. The molecule has 6 rings (SSSR count). The molecule has 0 unspecified atom stereocenters. The first kappa shape index (κ1) is 54.8. The standard InChI is InChI=1S/C47H56N12O12S2/c1-22(2)36-46(68)70-17-32(54-40(62)30-15-48-26-11-7-9-13-28(26)52-30)42(64)50-25(6)39(61)57-35-20-73-21-72-19-34(44(66)58-36)56-38(60)24(5)51-43(65)33(18-71-47(69)37(23(3)4)59-45(35)67)55-41(63)31-16-49-27-12-8-10-14-29(27)53-31/h7-16,22-25,32-37H,17-21H2,1-6H3,(H,50,64)(H,51,65)(H,54,62)(H,55,63)(H,56,60)(H,57,61)(H,58,66)(H,59,67)/t24-,25-,32+,33+,34-,35-,36-,37-/m0/s1. The van der Waals surface area contributed by atoms with Crippen LogP contribution in [-0.2, 0) is 47.8 Å². The minimum atomic E-state index is -1.66. The van der Waals surface area contributed by atoms with Gasteiger partial charge in [0.05, 0.1) is 34.5 Å². The molecule has 8 atom stereocenters. The van der Waals surface area contributed by atoms with Gasteiger partial charge < -0.3 is 52.0 Å². The number of amides is 8. The number of nitrogens with zero attached hydrogens (tertiary/aromatic N) is 4. The Kier molecular flexibility index (Phi) is 19.0. The topological polar surface area (TPSA) is 337 Å². The number of hydrogen-bond donors (Lipinski definition) is 8. The van der Waals surface area contributed by atoms with Crippen molar-refractivity contribution in [3.63, 3.8) is 0 Å². The summed E-state index contributed by atoms with van der Waals surface area (Å²) < 4.78 is 11.1. The number of carbonyl (C=O) groups is 10. The van der Waals surface area contributed by atoms with Crippen molar-refractivity contribution >= 4 is 105 Å². The van der Waals surface area contributed by atoms with Crippen LogP contribution in [0.4, 0.5) is 0 Å². The van der Waals surface area contributed by atoms with Gasteiger partial charge in [-0.3, -0.25) is 48.3 Å². The van der Waals surface area contributed by atoms with Gasteiger partial charge in [-0.15, -0.1) is 23.5 Å². The molecule has 2 aromatic heterocycles. The van der Waals surface area contributed by atoms with Crippen LogP contribution in [0.2, 0.25) is 0 Å². The predicted octanol–water partition coefficient (Wildman–Crippen LogP) is -0.732. The Morgan fingerprint density at radius 2 is 0.904 bits per heavy atom. The molecule has 2 fully saturated rings. The van der Waals surface area contributed by atoms with E-state index < -0.39 is 133 Å². The Morgan fingerprint density at radius 1 is 0.534 bits per heavy atom. The van der Waals surface area contributed by atoms with E-state index in [2.05, 4.69) is 62.5 Å². The largest absolute Gasteiger partial charge is 0.461 e. The molecule has 2 aromatic carbocycles. The second-order valence-corrected chi connectivity index (χ2v) is 20.1. The highest BCUT2D eigenvalue weighted by molar-refractivity contribution is 8.16. The van der Waals surface area contributed by atoms with Gasteiger partial charge in [0.15, 0.2) is 0 Å². The zero-order chi connectivity index (χ0) is 52.9. The molecule has 4 heterocycles. The average molecular weight is 1050 g/mol. The van der Waals surface area contributed by atoms with Crippen LogP contribution in [0, 0.1) is 11.8 Å². The number of benzene rings is 2. The van der Waals surface area contributed by atoms with Gasteiger partial charge in [0.1, 0.15) is 72.9 Å². The third kappa shape index (κ3) is 14.8. The van der Waals surface area contributed by atoms with Crippen molar-refractivity contribution in [2.45, 2.75) is 89.9 Å². The maximum atomic E-state index is 14.1. The Labute approximate surface area is 427 Å². The van der Waals surface area contributed by atoms with Crippen molar-refractivity contribution in [1.29, 1.82) is 0 Å². The van der Waals surface area contributed by atoms with Gasteiger partial charge in [0.25, 0.3) is 11.8 Å². The van der Waals surface area contributed by atoms with Gasteiger partial charge in [0, 0.05) is 16.6 Å². The summed E-state index contributed by atoms with van der Waals surface area (Å²) in [5.74, 6) is -10.7. The summed E-state index contributed by atoms with van der Waals surface area (Å²) >= 11 is 2.31. The van der Waals surface area contributed by atoms with E-state index in [0.717, 1.165) is 23.5 Å². The first-order valence-electron chi connectivity index (χ1n) is 23.2. The van der Waals surface area contributed by atoms with Crippen LogP contribution < -0.4 is 42.5 Å². The summed E-state index contributed by atoms with van der Waals surface area (Å²) in [5, 5.41) is 20.5. The van der Waals surface area contributed by atoms with Crippen LogP contribution in [0.25, 0.3) is 22.1 Å². The van der Waals surface area contributed by atoms with Gasteiger partial charge in [-0.2, -0.15) is 0 Å². The maximum Gasteiger partial charge on any atom is 0.328 e. The van der Waals surface area contributed by atoms with E-state index in [9.17, 15) is 47.9 Å². The second kappa shape index (κ2) is 25.3. The molecule has 2 aliphatic rings. The van der Waals surface area contributed by atoms with Crippen LogP contribution in [0.1, 0.15) is 62.5 Å². The zero-order valence-electron chi connectivity index (χ0n) is 40.6. The molecule has 26 heteroatoms. The molecule has 0 spiro atoms. The lowest BCUT2D eigenvalue weighted by Crippen LogP contribution is -2.60. The van der Waals surface area contributed by atoms with Crippen molar-refractivity contribution in [1.82, 2.24) is 62.5 Å². The minimum Gasteiger partial charge on any atom is -0.461 e. The molecule has 388 valence electrons. The Balaban J connectivity index is 1.32. The van der Waals surface area contributed by atoms with Crippen molar-refractivity contribution in [2.24, 2.45) is 11.8 Å². The summed E-state index contributed by atoms with van der Waals surface area (Å²) in [7, 11) is 0. The second-order valence-electron chi connectivity index (χ2n) is 17.7. The smallest absolute Gasteiger partial charge is 0.328 e. The van der Waals surface area contributed by atoms with E-state index in [1.54, 1.807) is 76.2 Å². The molecule has 2 saturated heterocycles. The van der Waals surface area contributed by atoms with E-state index in [1.165, 1.54) is 26.2 Å². The number of ether oxygens (including phenoxy) is 2. The van der Waals surface area contributed by atoms with Crippen LogP contribution in [-0.4, -0.2) is 157 Å². The third-order valence-corrected chi connectivity index (χ3v) is 13.8. The number of aromatic nitrogens is 4. The quantitative estimate of drug-likeness (QED) is 0.110. The summed E-state index contributed by atoms with van der Waals surface area (Å²) in [5.41, 5.74) is 1.35. The summed E-state index contributed by atoms with van der Waals surface area (Å²) in [6.07, 6.45) is 2.38. The van der Waals surface area contributed by atoms with E-state index in [1.807, 2.05) is 0 Å². The molecule has 24 nitrogen and oxygen atoms in total. The first-order valence-corrected chi connectivity index (χ1v) is 25.5. The van der Waals surface area contributed by atoms with Gasteiger partial charge in [-0.25, -0.2) is 19.6 Å². The number of hydrogen-bond acceptors (Lipinski definition) is 18. The fourth-order valence-electron chi connectivity index (χ4n) is 7.09. The molecule has 73 heavy (non-hydrogen) atoms. The highest BCUT2D eigenvalue weighted by Gasteiger charge is 2.37. The Hall–Kier alpha value is -7.48. The van der Waals surface area contributed by atoms with Crippen LogP contribution in [0.15, 0.2) is 60.9 Å². The molecular weight excluding hydrogens is 989 g/mol. The average Bonchev–Trinajstić information content (AvgIpc) is 3.36. The van der Waals surface area contributed by atoms with Crippen LogP contribution >= 0.6 is 23.5 Å². The monoisotopic (exact) mass is 1040 g/mol.